The van der Waals surface area contributed by atoms with Crippen LogP contribution in [0.2, 0.25) is 0 Å². The molecule has 0 bridgehead atoms. The summed E-state index contributed by atoms with van der Waals surface area (Å²) in [5.41, 5.74) is 1.25. The van der Waals surface area contributed by atoms with Crippen molar-refractivity contribution in [3.05, 3.63) is 17.7 Å². The van der Waals surface area contributed by atoms with Crippen LogP contribution in [0.1, 0.15) is 11.3 Å². The molecule has 0 saturated carbocycles. The van der Waals surface area contributed by atoms with Crippen LogP contribution < -0.4 is 0 Å². The van der Waals surface area contributed by atoms with Crippen molar-refractivity contribution in [1.29, 1.82) is 5.26 Å². The maximum absolute atomic E-state index is 8.63. The lowest BCUT2D eigenvalue weighted by atomic mass is 10.3. The smallest absolute Gasteiger partial charge is 0.267 e. The number of oxazole rings is 1. The van der Waals surface area contributed by atoms with Gasteiger partial charge in [0.1, 0.15) is 17.4 Å². The lowest BCUT2D eigenvalue weighted by Gasteiger charge is -1.78. The molecular formula is C7H4N2O2. The van der Waals surface area contributed by atoms with Crippen molar-refractivity contribution >= 4 is 11.3 Å². The second-order valence-electron chi connectivity index (χ2n) is 2.13. The summed E-state index contributed by atoms with van der Waals surface area (Å²) in [5.74, 6) is 0.550. The Balaban J connectivity index is 2.94. The molecule has 0 unspecified atom stereocenters. The van der Waals surface area contributed by atoms with Gasteiger partial charge < -0.3 is 8.83 Å². The van der Waals surface area contributed by atoms with E-state index in [9.17, 15) is 0 Å². The first kappa shape index (κ1) is 5.98. The fourth-order valence-electron chi connectivity index (χ4n) is 0.960. The summed E-state index contributed by atoms with van der Waals surface area (Å²) in [6, 6.07) is 1.98. The van der Waals surface area contributed by atoms with Gasteiger partial charge in [0.15, 0.2) is 6.39 Å². The molecule has 0 amide bonds. The molecular weight excluding hydrogens is 144 g/mol. The number of fused-ring (bicyclic) bond motifs is 1. The molecule has 0 aliphatic heterocycles. The Morgan fingerprint density at radius 1 is 1.64 bits per heavy atom. The van der Waals surface area contributed by atoms with Crippen LogP contribution >= 0.6 is 0 Å². The van der Waals surface area contributed by atoms with Crippen molar-refractivity contribution in [2.24, 2.45) is 0 Å². The summed E-state index contributed by atoms with van der Waals surface area (Å²) in [7, 11) is 0. The van der Waals surface area contributed by atoms with Crippen LogP contribution in [0.3, 0.4) is 0 Å². The molecule has 4 nitrogen and oxygen atoms in total. The highest BCUT2D eigenvalue weighted by Crippen LogP contribution is 2.22. The quantitative estimate of drug-likeness (QED) is 0.569. The van der Waals surface area contributed by atoms with Crippen LogP contribution in [0.5, 0.6) is 0 Å². The second kappa shape index (κ2) is 1.86. The predicted molar refractivity (Wildman–Crippen MR) is 35.7 cm³/mol. The third kappa shape index (κ3) is 0.649. The van der Waals surface area contributed by atoms with Gasteiger partial charge in [-0.05, 0) is 6.92 Å². The van der Waals surface area contributed by atoms with E-state index in [1.54, 1.807) is 6.92 Å². The highest BCUT2D eigenvalue weighted by atomic mass is 16.4. The molecule has 2 rings (SSSR count). The summed E-state index contributed by atoms with van der Waals surface area (Å²) in [6.45, 7) is 1.70. The molecule has 0 fully saturated rings. The fourth-order valence-corrected chi connectivity index (χ4v) is 0.960. The van der Waals surface area contributed by atoms with E-state index >= 15 is 0 Å². The Morgan fingerprint density at radius 3 is 3.18 bits per heavy atom. The zero-order valence-electron chi connectivity index (χ0n) is 5.79. The summed E-state index contributed by atoms with van der Waals surface area (Å²) >= 11 is 0. The van der Waals surface area contributed by atoms with E-state index in [-0.39, 0.29) is 0 Å². The molecule has 2 aromatic heterocycles. The minimum Gasteiger partial charge on any atom is -0.439 e. The second-order valence-corrected chi connectivity index (χ2v) is 2.13. The van der Waals surface area contributed by atoms with Gasteiger partial charge in [-0.25, -0.2) is 0 Å². The summed E-state index contributed by atoms with van der Waals surface area (Å²) in [6.07, 6.45) is 1.26. The van der Waals surface area contributed by atoms with Crippen LogP contribution in [0.25, 0.3) is 11.3 Å². The maximum Gasteiger partial charge on any atom is 0.267 e. The number of furan rings is 1. The Bertz CT molecular complexity index is 433. The van der Waals surface area contributed by atoms with Crippen LogP contribution in [0, 0.1) is 18.3 Å². The first-order valence-corrected chi connectivity index (χ1v) is 3.05. The van der Waals surface area contributed by atoms with Gasteiger partial charge in [0, 0.05) is 0 Å². The molecule has 2 heterocycles. The lowest BCUT2D eigenvalue weighted by Crippen LogP contribution is -1.70. The minimum absolute atomic E-state index is 0.388. The largest absolute Gasteiger partial charge is 0.439 e. The average Bonchev–Trinajstić information content (AvgIpc) is 2.46. The van der Waals surface area contributed by atoms with E-state index in [4.69, 9.17) is 14.1 Å². The van der Waals surface area contributed by atoms with Gasteiger partial charge in [0.05, 0.1) is 0 Å². The fraction of sp³-hybridized carbons (Fsp3) is 0.143. The SMILES string of the molecule is Cc1oc2ncoc2c1C#N. The Morgan fingerprint density at radius 2 is 2.45 bits per heavy atom. The predicted octanol–water partition coefficient (Wildman–Crippen LogP) is 1.60. The molecule has 0 radical (unpaired) electrons. The molecule has 0 atom stereocenters. The van der Waals surface area contributed by atoms with Crippen molar-refractivity contribution in [3.63, 3.8) is 0 Å². The first-order chi connectivity index (χ1) is 5.33. The van der Waals surface area contributed by atoms with Gasteiger partial charge in [-0.2, -0.15) is 10.2 Å². The van der Waals surface area contributed by atoms with Gasteiger partial charge in [-0.3, -0.25) is 0 Å². The molecule has 0 aliphatic carbocycles. The van der Waals surface area contributed by atoms with E-state index in [0.717, 1.165) is 0 Å². The summed E-state index contributed by atoms with van der Waals surface area (Å²) in [4.78, 5) is 3.76. The number of aryl methyl sites for hydroxylation is 1. The molecule has 0 saturated heterocycles. The molecule has 11 heavy (non-hydrogen) atoms. The van der Waals surface area contributed by atoms with Crippen LogP contribution in [0.4, 0.5) is 0 Å². The maximum atomic E-state index is 8.63. The van der Waals surface area contributed by atoms with Crippen molar-refractivity contribution in [2.75, 3.05) is 0 Å². The monoisotopic (exact) mass is 148 g/mol. The van der Waals surface area contributed by atoms with E-state index in [0.29, 0.717) is 22.6 Å². The standard InChI is InChI=1S/C7H4N2O2/c1-4-5(2-8)6-7(11-4)9-3-10-6/h3H,1H3. The number of aromatic nitrogens is 1. The molecule has 0 aromatic carbocycles. The topological polar surface area (TPSA) is 63.0 Å². The number of nitriles is 1. The van der Waals surface area contributed by atoms with E-state index < -0.39 is 0 Å². The van der Waals surface area contributed by atoms with Crippen LogP contribution in [-0.2, 0) is 0 Å². The van der Waals surface area contributed by atoms with E-state index in [2.05, 4.69) is 4.98 Å². The van der Waals surface area contributed by atoms with E-state index in [1.807, 2.05) is 6.07 Å². The molecule has 2 aromatic rings. The average molecular weight is 148 g/mol. The zero-order valence-corrected chi connectivity index (χ0v) is 5.79. The normalized spacial score (nSPS) is 10.2. The third-order valence-corrected chi connectivity index (χ3v) is 1.48. The summed E-state index contributed by atoms with van der Waals surface area (Å²) < 4.78 is 10.0. The van der Waals surface area contributed by atoms with Crippen molar-refractivity contribution in [3.8, 4) is 6.07 Å². The molecule has 0 N–H and O–H groups in total. The number of hydrogen-bond donors (Lipinski definition) is 0. The van der Waals surface area contributed by atoms with Gasteiger partial charge in [0.25, 0.3) is 5.71 Å². The first-order valence-electron chi connectivity index (χ1n) is 3.05. The van der Waals surface area contributed by atoms with Crippen molar-refractivity contribution in [2.45, 2.75) is 6.92 Å². The molecule has 4 heteroatoms. The molecule has 54 valence electrons. The minimum atomic E-state index is 0.388. The number of rotatable bonds is 0. The van der Waals surface area contributed by atoms with Crippen molar-refractivity contribution in [1.82, 2.24) is 4.98 Å². The Hall–Kier alpha value is -1.76. The Labute approximate surface area is 62.0 Å². The number of nitrogens with zero attached hydrogens (tertiary/aromatic N) is 2. The van der Waals surface area contributed by atoms with Gasteiger partial charge in [-0.1, -0.05) is 0 Å². The van der Waals surface area contributed by atoms with E-state index in [1.165, 1.54) is 6.39 Å². The highest BCUT2D eigenvalue weighted by molar-refractivity contribution is 5.75. The molecule has 0 spiro atoms. The van der Waals surface area contributed by atoms with Gasteiger partial charge >= 0.3 is 0 Å². The summed E-state index contributed by atoms with van der Waals surface area (Å²) in [5, 5.41) is 8.63. The third-order valence-electron chi connectivity index (χ3n) is 1.48. The van der Waals surface area contributed by atoms with Crippen molar-refractivity contribution < 1.29 is 8.83 Å². The highest BCUT2D eigenvalue weighted by Gasteiger charge is 2.13. The Kier molecular flexibility index (Phi) is 1.01. The zero-order chi connectivity index (χ0) is 7.84. The van der Waals surface area contributed by atoms with Crippen LogP contribution in [-0.4, -0.2) is 4.98 Å². The van der Waals surface area contributed by atoms with Gasteiger partial charge in [-0.15, -0.1) is 0 Å². The number of hydrogen-bond acceptors (Lipinski definition) is 4. The molecule has 0 aliphatic rings. The lowest BCUT2D eigenvalue weighted by molar-refractivity contribution is 0.565. The van der Waals surface area contributed by atoms with Gasteiger partial charge in [0.2, 0.25) is 5.58 Å². The van der Waals surface area contributed by atoms with Crippen LogP contribution in [0.15, 0.2) is 15.2 Å².